The van der Waals surface area contributed by atoms with Gasteiger partial charge in [-0.05, 0) is 34.5 Å². The van der Waals surface area contributed by atoms with E-state index in [4.69, 9.17) is 4.74 Å². The van der Waals surface area contributed by atoms with Crippen LogP contribution in [0, 0.1) is 0 Å². The predicted molar refractivity (Wildman–Crippen MR) is 128 cm³/mol. The first-order valence-corrected chi connectivity index (χ1v) is 11.3. The third-order valence-electron chi connectivity index (χ3n) is 6.48. The highest BCUT2D eigenvalue weighted by molar-refractivity contribution is 6.07. The van der Waals surface area contributed by atoms with Crippen molar-refractivity contribution in [2.75, 3.05) is 6.61 Å². The van der Waals surface area contributed by atoms with E-state index in [1.807, 2.05) is 41.0 Å². The largest absolute Gasteiger partial charge is 0.508 e. The molecule has 35 heavy (non-hydrogen) atoms. The van der Waals surface area contributed by atoms with E-state index in [9.17, 15) is 30.3 Å². The Kier molecular flexibility index (Phi) is 6.18. The summed E-state index contributed by atoms with van der Waals surface area (Å²) in [5.41, 5.74) is 1.89. The molecule has 2 heterocycles. The quantitative estimate of drug-likeness (QED) is 0.252. The minimum atomic E-state index is -1.62. The summed E-state index contributed by atoms with van der Waals surface area (Å²) >= 11 is 0. The zero-order chi connectivity index (χ0) is 24.7. The molecular formula is C26H26N2O7. The number of hydrogen-bond acceptors (Lipinski definition) is 7. The lowest BCUT2D eigenvalue weighted by atomic mass is 9.96. The molecule has 0 bridgehead atoms. The molecule has 0 saturated carbocycles. The molecule has 1 aliphatic rings. The van der Waals surface area contributed by atoms with Crippen molar-refractivity contribution < 1.29 is 35.1 Å². The van der Waals surface area contributed by atoms with Crippen molar-refractivity contribution in [3.05, 3.63) is 78.0 Å². The van der Waals surface area contributed by atoms with Crippen LogP contribution >= 0.6 is 0 Å². The van der Waals surface area contributed by atoms with E-state index in [1.54, 1.807) is 18.3 Å². The number of nitrogens with one attached hydrogen (secondary N) is 1. The molecule has 1 saturated heterocycles. The second-order valence-corrected chi connectivity index (χ2v) is 8.78. The van der Waals surface area contributed by atoms with Gasteiger partial charge in [0.2, 0.25) is 0 Å². The highest BCUT2D eigenvalue weighted by atomic mass is 16.6. The Morgan fingerprint density at radius 3 is 2.51 bits per heavy atom. The van der Waals surface area contributed by atoms with Crippen molar-refractivity contribution in [3.63, 3.8) is 0 Å². The first-order chi connectivity index (χ1) is 16.9. The first-order valence-electron chi connectivity index (χ1n) is 11.3. The fourth-order valence-corrected chi connectivity index (χ4v) is 4.61. The van der Waals surface area contributed by atoms with E-state index in [2.05, 4.69) is 11.4 Å². The highest BCUT2D eigenvalue weighted by Crippen LogP contribution is 2.28. The van der Waals surface area contributed by atoms with E-state index >= 15 is 0 Å². The zero-order valence-electron chi connectivity index (χ0n) is 18.7. The Bertz CT molecular complexity index is 1380. The average molecular weight is 479 g/mol. The van der Waals surface area contributed by atoms with Crippen LogP contribution in [-0.4, -0.2) is 73.3 Å². The smallest absolute Gasteiger partial charge is 0.253 e. The SMILES string of the molecule is O=C(N[C@H]1C(O)O[C@H](CO)[C@@H](O)[C@@H]1O)c1cn(Cc2ccc3ccccc3c2)c2cc(O)ccc12. The minimum absolute atomic E-state index is 0.0482. The van der Waals surface area contributed by atoms with Gasteiger partial charge in [0.05, 0.1) is 17.7 Å². The standard InChI is InChI=1S/C26H26N2O7/c29-13-21-23(31)24(32)22(26(34)35-21)27-25(33)19-12-28(20-10-17(30)7-8-18(19)20)11-14-5-6-15-3-1-2-4-16(15)9-14/h1-10,12,21-24,26,29-32,34H,11,13H2,(H,27,33)/t21-,22-,23-,24-,26?/m1/s1. The Balaban J connectivity index is 1.46. The maximum Gasteiger partial charge on any atom is 0.253 e. The summed E-state index contributed by atoms with van der Waals surface area (Å²) in [4.78, 5) is 13.2. The number of ether oxygens (including phenoxy) is 1. The number of aromatic hydroxyl groups is 1. The van der Waals surface area contributed by atoms with Crippen LogP contribution in [0.15, 0.2) is 66.9 Å². The number of carbonyl (C=O) groups is 1. The molecule has 5 atom stereocenters. The molecule has 5 rings (SSSR count). The molecular weight excluding hydrogens is 452 g/mol. The normalized spacial score (nSPS) is 24.6. The van der Waals surface area contributed by atoms with Crippen molar-refractivity contribution in [3.8, 4) is 5.75 Å². The van der Waals surface area contributed by atoms with Crippen molar-refractivity contribution in [1.29, 1.82) is 0 Å². The number of hydrogen-bond donors (Lipinski definition) is 6. The van der Waals surface area contributed by atoms with Crippen LogP contribution in [0.3, 0.4) is 0 Å². The molecule has 3 aromatic carbocycles. The van der Waals surface area contributed by atoms with Gasteiger partial charge < -0.3 is 40.2 Å². The second kappa shape index (κ2) is 9.29. The third-order valence-corrected chi connectivity index (χ3v) is 6.48. The molecule has 0 radical (unpaired) electrons. The fraction of sp³-hybridized carbons (Fsp3) is 0.269. The van der Waals surface area contributed by atoms with Gasteiger partial charge in [-0.15, -0.1) is 0 Å². The fourth-order valence-electron chi connectivity index (χ4n) is 4.61. The number of rotatable bonds is 5. The molecule has 1 amide bonds. The van der Waals surface area contributed by atoms with Crippen molar-refractivity contribution >= 4 is 27.6 Å². The molecule has 6 N–H and O–H groups in total. The van der Waals surface area contributed by atoms with Gasteiger partial charge in [-0.1, -0.05) is 36.4 Å². The molecule has 1 fully saturated rings. The number of benzene rings is 3. The Morgan fingerprint density at radius 2 is 1.74 bits per heavy atom. The summed E-state index contributed by atoms with van der Waals surface area (Å²) < 4.78 is 6.97. The van der Waals surface area contributed by atoms with Crippen LogP contribution in [0.5, 0.6) is 5.75 Å². The van der Waals surface area contributed by atoms with Crippen LogP contribution in [0.2, 0.25) is 0 Å². The molecule has 0 spiro atoms. The van der Waals surface area contributed by atoms with Crippen LogP contribution in [0.1, 0.15) is 15.9 Å². The highest BCUT2D eigenvalue weighted by Gasteiger charge is 2.44. The minimum Gasteiger partial charge on any atom is -0.508 e. The van der Waals surface area contributed by atoms with Crippen molar-refractivity contribution in [2.24, 2.45) is 0 Å². The number of fused-ring (bicyclic) bond motifs is 2. The molecule has 0 aliphatic carbocycles. The van der Waals surface area contributed by atoms with Gasteiger partial charge in [0.1, 0.15) is 30.1 Å². The lowest BCUT2D eigenvalue weighted by molar-refractivity contribution is -0.252. The van der Waals surface area contributed by atoms with Crippen LogP contribution in [0.4, 0.5) is 0 Å². The van der Waals surface area contributed by atoms with Gasteiger partial charge in [-0.3, -0.25) is 4.79 Å². The van der Waals surface area contributed by atoms with Gasteiger partial charge in [0.25, 0.3) is 5.91 Å². The van der Waals surface area contributed by atoms with Gasteiger partial charge >= 0.3 is 0 Å². The van der Waals surface area contributed by atoms with Gasteiger partial charge in [0.15, 0.2) is 6.29 Å². The number of amides is 1. The summed E-state index contributed by atoms with van der Waals surface area (Å²) in [5.74, 6) is -0.550. The summed E-state index contributed by atoms with van der Waals surface area (Å²) in [6.45, 7) is -0.158. The maximum atomic E-state index is 13.2. The van der Waals surface area contributed by atoms with Crippen molar-refractivity contribution in [1.82, 2.24) is 9.88 Å². The molecule has 4 aromatic rings. The molecule has 9 heteroatoms. The summed E-state index contributed by atoms with van der Waals surface area (Å²) in [6, 6.07) is 17.4. The van der Waals surface area contributed by atoms with Crippen LogP contribution in [-0.2, 0) is 11.3 Å². The first kappa shape index (κ1) is 23.3. The number of aliphatic hydroxyl groups excluding tert-OH is 4. The van der Waals surface area contributed by atoms with E-state index < -0.39 is 43.2 Å². The van der Waals surface area contributed by atoms with Gasteiger partial charge in [-0.2, -0.15) is 0 Å². The van der Waals surface area contributed by atoms with E-state index in [1.165, 1.54) is 6.07 Å². The van der Waals surface area contributed by atoms with Gasteiger partial charge in [-0.25, -0.2) is 0 Å². The number of aromatic nitrogens is 1. The number of phenols is 1. The Labute approximate surface area is 200 Å². The third kappa shape index (κ3) is 4.36. The summed E-state index contributed by atoms with van der Waals surface area (Å²) in [7, 11) is 0. The van der Waals surface area contributed by atoms with Gasteiger partial charge in [0, 0.05) is 24.2 Å². The molecule has 1 unspecified atom stereocenters. The summed E-state index contributed by atoms with van der Waals surface area (Å²) in [5, 5.41) is 55.4. The van der Waals surface area contributed by atoms with Crippen LogP contribution in [0.25, 0.3) is 21.7 Å². The lowest BCUT2D eigenvalue weighted by Gasteiger charge is -2.40. The van der Waals surface area contributed by atoms with Crippen LogP contribution < -0.4 is 5.32 Å². The predicted octanol–water partition coefficient (Wildman–Crippen LogP) is 1.08. The Hall–Kier alpha value is -3.47. The van der Waals surface area contributed by atoms with E-state index in [-0.39, 0.29) is 11.3 Å². The topological polar surface area (TPSA) is 144 Å². The number of phenolic OH excluding ortho intramolecular Hbond substituents is 1. The molecule has 1 aromatic heterocycles. The summed E-state index contributed by atoms with van der Waals surface area (Å²) in [6.07, 6.45) is -4.18. The van der Waals surface area contributed by atoms with E-state index in [0.717, 1.165) is 16.3 Å². The maximum absolute atomic E-state index is 13.2. The average Bonchev–Trinajstić information content (AvgIpc) is 3.21. The number of carbonyl (C=O) groups excluding carboxylic acids is 1. The second-order valence-electron chi connectivity index (χ2n) is 8.78. The molecule has 182 valence electrons. The zero-order valence-corrected chi connectivity index (χ0v) is 18.7. The van der Waals surface area contributed by atoms with E-state index in [0.29, 0.717) is 17.4 Å². The monoisotopic (exact) mass is 478 g/mol. The molecule has 1 aliphatic heterocycles. The van der Waals surface area contributed by atoms with Crippen molar-refractivity contribution in [2.45, 2.75) is 37.2 Å². The Morgan fingerprint density at radius 1 is 0.971 bits per heavy atom. The lowest BCUT2D eigenvalue weighted by Crippen LogP contribution is -2.64. The number of nitrogens with zero attached hydrogens (tertiary/aromatic N) is 1. The molecule has 9 nitrogen and oxygen atoms in total. The number of aliphatic hydroxyl groups is 4.